The highest BCUT2D eigenvalue weighted by Crippen LogP contribution is 2.55. The highest BCUT2D eigenvalue weighted by atomic mass is 31.2. The van der Waals surface area contributed by atoms with Crippen molar-refractivity contribution in [2.75, 3.05) is 6.61 Å². The van der Waals surface area contributed by atoms with E-state index < -0.39 is 19.0 Å². The summed E-state index contributed by atoms with van der Waals surface area (Å²) in [5.74, 6) is 0. The fraction of sp³-hybridized carbons (Fsp3) is 0.923. The van der Waals surface area contributed by atoms with Crippen molar-refractivity contribution in [3.8, 4) is 0 Å². The van der Waals surface area contributed by atoms with E-state index in [1.165, 1.54) is 77.0 Å². The lowest BCUT2D eigenvalue weighted by Crippen LogP contribution is -2.24. The van der Waals surface area contributed by atoms with E-state index in [0.717, 1.165) is 12.8 Å². The second-order valence-electron chi connectivity index (χ2n) is 10.6. The van der Waals surface area contributed by atoms with Gasteiger partial charge in [-0.05, 0) is 73.6 Å². The van der Waals surface area contributed by atoms with Gasteiger partial charge in [0.2, 0.25) is 0 Å². The van der Waals surface area contributed by atoms with Gasteiger partial charge < -0.3 is 0 Å². The Morgan fingerprint density at radius 2 is 1.00 bits per heavy atom. The average Bonchev–Trinajstić information content (AvgIpc) is 2.61. The minimum absolute atomic E-state index is 0.407. The molecule has 0 aliphatic heterocycles. The fourth-order valence-corrected chi connectivity index (χ4v) is 5.11. The first kappa shape index (κ1) is 30.9. The third kappa shape index (κ3) is 22.8. The molecule has 0 spiro atoms. The monoisotopic (exact) mass is 460 g/mol. The van der Waals surface area contributed by atoms with E-state index in [9.17, 15) is 4.57 Å². The molecule has 186 valence electrons. The Morgan fingerprint density at radius 1 is 0.613 bits per heavy atom. The van der Waals surface area contributed by atoms with Crippen LogP contribution in [0.2, 0.25) is 0 Å². The van der Waals surface area contributed by atoms with Gasteiger partial charge in [0.1, 0.15) is 0 Å². The van der Waals surface area contributed by atoms with Crippen molar-refractivity contribution in [1.82, 2.24) is 0 Å². The van der Waals surface area contributed by atoms with E-state index in [4.69, 9.17) is 13.6 Å². The molecule has 0 aliphatic carbocycles. The molecular weight excluding hydrogens is 407 g/mol. The molecule has 0 bridgehead atoms. The predicted molar refractivity (Wildman–Crippen MR) is 135 cm³/mol. The second kappa shape index (κ2) is 17.3. The molecule has 0 saturated heterocycles. The Labute approximate surface area is 194 Å². The molecule has 0 rings (SSSR count). The van der Waals surface area contributed by atoms with E-state index in [1.807, 2.05) is 41.5 Å². The standard InChI is InChI=1S/C26H53O4P/c1-8-9-10-11-12-13-14-15-16-17-18-19-20-21-22-23-24-28-31(27,29-25(2,3)4)30-26(5,6)7/h15-16H,8-14,17-24H2,1-7H3. The lowest BCUT2D eigenvalue weighted by molar-refractivity contribution is 0.00298. The van der Waals surface area contributed by atoms with Crippen molar-refractivity contribution in [3.63, 3.8) is 0 Å². The maximum atomic E-state index is 12.9. The Bertz CT molecular complexity index is 469. The minimum atomic E-state index is -3.56. The van der Waals surface area contributed by atoms with E-state index in [2.05, 4.69) is 19.1 Å². The molecule has 0 N–H and O–H groups in total. The third-order valence-electron chi connectivity index (χ3n) is 4.68. The summed E-state index contributed by atoms with van der Waals surface area (Å²) in [6.45, 7) is 13.8. The van der Waals surface area contributed by atoms with Gasteiger partial charge in [-0.25, -0.2) is 4.57 Å². The first-order valence-corrected chi connectivity index (χ1v) is 14.2. The average molecular weight is 461 g/mol. The highest BCUT2D eigenvalue weighted by Gasteiger charge is 2.36. The van der Waals surface area contributed by atoms with Crippen LogP contribution in [-0.4, -0.2) is 17.8 Å². The number of rotatable bonds is 19. The number of allylic oxidation sites excluding steroid dienone is 2. The molecule has 31 heavy (non-hydrogen) atoms. The number of phosphoric ester groups is 1. The largest absolute Gasteiger partial charge is 0.475 e. The van der Waals surface area contributed by atoms with Gasteiger partial charge in [0.25, 0.3) is 0 Å². The van der Waals surface area contributed by atoms with Gasteiger partial charge in [-0.3, -0.25) is 13.6 Å². The van der Waals surface area contributed by atoms with Crippen molar-refractivity contribution in [2.45, 2.75) is 150 Å². The van der Waals surface area contributed by atoms with Crippen molar-refractivity contribution in [2.24, 2.45) is 0 Å². The molecule has 0 aromatic carbocycles. The van der Waals surface area contributed by atoms with E-state index in [1.54, 1.807) is 0 Å². The summed E-state index contributed by atoms with van der Waals surface area (Å²) >= 11 is 0. The highest BCUT2D eigenvalue weighted by molar-refractivity contribution is 7.48. The lowest BCUT2D eigenvalue weighted by Gasteiger charge is -2.30. The Morgan fingerprint density at radius 3 is 1.42 bits per heavy atom. The zero-order valence-corrected chi connectivity index (χ0v) is 22.7. The van der Waals surface area contributed by atoms with Crippen molar-refractivity contribution in [1.29, 1.82) is 0 Å². The lowest BCUT2D eigenvalue weighted by atomic mass is 10.1. The predicted octanol–water partition coefficient (Wildman–Crippen LogP) is 9.78. The fourth-order valence-electron chi connectivity index (χ4n) is 3.27. The third-order valence-corrected chi connectivity index (χ3v) is 6.72. The van der Waals surface area contributed by atoms with Crippen LogP contribution >= 0.6 is 7.82 Å². The molecule has 0 aliphatic rings. The molecule has 0 aromatic rings. The summed E-state index contributed by atoms with van der Waals surface area (Å²) < 4.78 is 29.8. The number of phosphoric acid groups is 1. The molecule has 0 atom stereocenters. The van der Waals surface area contributed by atoms with Gasteiger partial charge in [-0.1, -0.05) is 76.9 Å². The molecule has 0 aromatic heterocycles. The first-order valence-electron chi connectivity index (χ1n) is 12.8. The summed E-state index contributed by atoms with van der Waals surface area (Å²) in [6, 6.07) is 0. The van der Waals surface area contributed by atoms with Gasteiger partial charge in [-0.2, -0.15) is 0 Å². The summed E-state index contributed by atoms with van der Waals surface area (Å²) in [7, 11) is -3.56. The molecule has 5 heteroatoms. The van der Waals surface area contributed by atoms with Crippen molar-refractivity contribution in [3.05, 3.63) is 12.2 Å². The van der Waals surface area contributed by atoms with Gasteiger partial charge in [0.05, 0.1) is 17.8 Å². The summed E-state index contributed by atoms with van der Waals surface area (Å²) in [5.41, 5.74) is -1.16. The molecule has 0 heterocycles. The van der Waals surface area contributed by atoms with E-state index in [0.29, 0.717) is 6.61 Å². The van der Waals surface area contributed by atoms with Crippen LogP contribution in [0.5, 0.6) is 0 Å². The summed E-state index contributed by atoms with van der Waals surface area (Å²) in [5, 5.41) is 0. The van der Waals surface area contributed by atoms with Crippen LogP contribution in [0.4, 0.5) is 0 Å². The van der Waals surface area contributed by atoms with Crippen LogP contribution in [0.25, 0.3) is 0 Å². The Kier molecular flexibility index (Phi) is 17.3. The van der Waals surface area contributed by atoms with Gasteiger partial charge in [-0.15, -0.1) is 0 Å². The molecular formula is C26H53O4P. The van der Waals surface area contributed by atoms with Crippen LogP contribution in [-0.2, 0) is 18.1 Å². The van der Waals surface area contributed by atoms with Crippen molar-refractivity contribution >= 4 is 7.82 Å². The quantitative estimate of drug-likeness (QED) is 0.109. The maximum absolute atomic E-state index is 12.9. The normalized spacial score (nSPS) is 13.4. The number of unbranched alkanes of at least 4 members (excludes halogenated alkanes) is 12. The van der Waals surface area contributed by atoms with Crippen LogP contribution in [0.15, 0.2) is 12.2 Å². The van der Waals surface area contributed by atoms with Crippen LogP contribution in [0, 0.1) is 0 Å². The zero-order valence-electron chi connectivity index (χ0n) is 21.8. The molecule has 0 unspecified atom stereocenters. The zero-order chi connectivity index (χ0) is 23.6. The summed E-state index contributed by atoms with van der Waals surface area (Å²) in [4.78, 5) is 0. The number of hydrogen-bond donors (Lipinski definition) is 0. The molecule has 0 saturated carbocycles. The molecule has 4 nitrogen and oxygen atoms in total. The Balaban J connectivity index is 3.72. The van der Waals surface area contributed by atoms with Crippen molar-refractivity contribution < 1.29 is 18.1 Å². The second-order valence-corrected chi connectivity index (χ2v) is 12.1. The van der Waals surface area contributed by atoms with Crippen LogP contribution in [0.3, 0.4) is 0 Å². The maximum Gasteiger partial charge on any atom is 0.475 e. The Hall–Kier alpha value is -0.150. The molecule has 0 fully saturated rings. The smallest absolute Gasteiger partial charge is 0.287 e. The van der Waals surface area contributed by atoms with E-state index in [-0.39, 0.29) is 0 Å². The van der Waals surface area contributed by atoms with Gasteiger partial charge in [0.15, 0.2) is 0 Å². The SMILES string of the molecule is CCCCCCCCC=CCCCCCCCCOP(=O)(OC(C)(C)C)OC(C)(C)C. The summed E-state index contributed by atoms with van der Waals surface area (Å²) in [6.07, 6.45) is 22.4. The molecule has 0 radical (unpaired) electrons. The van der Waals surface area contributed by atoms with Crippen LogP contribution < -0.4 is 0 Å². The van der Waals surface area contributed by atoms with Crippen LogP contribution in [0.1, 0.15) is 138 Å². The topological polar surface area (TPSA) is 44.8 Å². The molecule has 0 amide bonds. The minimum Gasteiger partial charge on any atom is -0.287 e. The van der Waals surface area contributed by atoms with E-state index >= 15 is 0 Å². The van der Waals surface area contributed by atoms with Gasteiger partial charge in [0, 0.05) is 0 Å². The van der Waals surface area contributed by atoms with Gasteiger partial charge >= 0.3 is 7.82 Å². The number of hydrogen-bond acceptors (Lipinski definition) is 4. The first-order chi connectivity index (χ1) is 14.5.